The summed E-state index contributed by atoms with van der Waals surface area (Å²) in [4.78, 5) is 12.0. The van der Waals surface area contributed by atoms with Crippen LogP contribution >= 0.6 is 0 Å². The molecule has 0 saturated heterocycles. The molecule has 0 radical (unpaired) electrons. The summed E-state index contributed by atoms with van der Waals surface area (Å²) in [6.45, 7) is 0. The number of rotatable bonds is 2. The Morgan fingerprint density at radius 1 is 1.23 bits per heavy atom. The molecule has 1 fully saturated rings. The van der Waals surface area contributed by atoms with Crippen LogP contribution in [-0.4, -0.2) is 25.1 Å². The number of benzene rings is 1. The van der Waals surface area contributed by atoms with Crippen LogP contribution in [0.4, 0.5) is 0 Å². The molecule has 3 rings (SSSR count). The molecule has 1 aliphatic heterocycles. The van der Waals surface area contributed by atoms with Crippen molar-refractivity contribution in [3.8, 4) is 0 Å². The van der Waals surface area contributed by atoms with Gasteiger partial charge in [-0.2, -0.15) is 5.10 Å². The molecule has 116 valence electrons. The lowest BCUT2D eigenvalue weighted by Gasteiger charge is -2.20. The van der Waals surface area contributed by atoms with Gasteiger partial charge in [0, 0.05) is 11.3 Å². The first kappa shape index (κ1) is 14.6. The average molecular weight is 321 g/mol. The van der Waals surface area contributed by atoms with E-state index in [4.69, 9.17) is 0 Å². The van der Waals surface area contributed by atoms with Crippen LogP contribution < -0.4 is 10.1 Å². The number of carbonyl (C=O) groups is 1. The van der Waals surface area contributed by atoms with E-state index in [-0.39, 0.29) is 10.5 Å². The zero-order valence-electron chi connectivity index (χ0n) is 11.7. The fraction of sp³-hybridized carbons (Fsp3) is 0.286. The number of hydrogen-bond acceptors (Lipinski definition) is 5. The minimum Gasteiger partial charge on any atom is -0.505 e. The number of fused-ring (bicyclic) bond motifs is 1. The zero-order chi connectivity index (χ0) is 15.7. The number of hydrazone groups is 1. The normalized spacial score (nSPS) is 19.4. The largest absolute Gasteiger partial charge is 0.505 e. The van der Waals surface area contributed by atoms with Crippen molar-refractivity contribution >= 4 is 27.4 Å². The smallest absolute Gasteiger partial charge is 0.292 e. The fourth-order valence-electron chi connectivity index (χ4n) is 2.50. The average Bonchev–Trinajstić information content (AvgIpc) is 3.02. The van der Waals surface area contributed by atoms with Gasteiger partial charge in [0.25, 0.3) is 15.9 Å². The summed E-state index contributed by atoms with van der Waals surface area (Å²) in [7, 11) is -3.88. The van der Waals surface area contributed by atoms with Crippen LogP contribution in [0.25, 0.3) is 5.76 Å². The Balaban J connectivity index is 1.93. The van der Waals surface area contributed by atoms with Crippen molar-refractivity contribution in [2.75, 3.05) is 0 Å². The predicted molar refractivity (Wildman–Crippen MR) is 80.4 cm³/mol. The van der Waals surface area contributed by atoms with Crippen LogP contribution in [0.2, 0.25) is 0 Å². The van der Waals surface area contributed by atoms with Gasteiger partial charge in [-0.1, -0.05) is 12.1 Å². The first-order valence-corrected chi connectivity index (χ1v) is 8.38. The van der Waals surface area contributed by atoms with Gasteiger partial charge in [-0.25, -0.2) is 13.8 Å². The summed E-state index contributed by atoms with van der Waals surface area (Å²) in [6, 6.07) is 5.94. The van der Waals surface area contributed by atoms with Crippen LogP contribution in [0.15, 0.2) is 40.0 Å². The third-order valence-electron chi connectivity index (χ3n) is 3.63. The second-order valence-electron chi connectivity index (χ2n) is 5.15. The number of aliphatic hydroxyl groups excluding tert-OH is 1. The Morgan fingerprint density at radius 2 is 1.91 bits per heavy atom. The topological polar surface area (TPSA) is 108 Å². The Morgan fingerprint density at radius 3 is 2.64 bits per heavy atom. The van der Waals surface area contributed by atoms with Gasteiger partial charge in [0.15, 0.2) is 11.5 Å². The first-order chi connectivity index (χ1) is 10.5. The molecular weight excluding hydrogens is 306 g/mol. The molecule has 0 aromatic heterocycles. The molecule has 1 aromatic rings. The maximum Gasteiger partial charge on any atom is 0.292 e. The van der Waals surface area contributed by atoms with E-state index in [1.165, 1.54) is 12.1 Å². The zero-order valence-corrected chi connectivity index (χ0v) is 12.5. The molecule has 1 saturated carbocycles. The summed E-state index contributed by atoms with van der Waals surface area (Å²) in [5.74, 6) is -1.19. The minimum atomic E-state index is -3.88. The maximum atomic E-state index is 12.1. The maximum absolute atomic E-state index is 12.1. The highest BCUT2D eigenvalue weighted by molar-refractivity contribution is 7.89. The van der Waals surface area contributed by atoms with Gasteiger partial charge in [-0.15, -0.1) is 0 Å². The van der Waals surface area contributed by atoms with Gasteiger partial charge in [0.05, 0.1) is 4.90 Å². The Bertz CT molecular complexity index is 788. The van der Waals surface area contributed by atoms with E-state index in [0.29, 0.717) is 0 Å². The molecule has 22 heavy (non-hydrogen) atoms. The highest BCUT2D eigenvalue weighted by Crippen LogP contribution is 2.28. The molecular formula is C14H15N3O4S. The van der Waals surface area contributed by atoms with Gasteiger partial charge in [0.1, 0.15) is 0 Å². The van der Waals surface area contributed by atoms with Crippen LogP contribution in [-0.2, 0) is 14.8 Å². The lowest BCUT2D eigenvalue weighted by atomic mass is 10.1. The van der Waals surface area contributed by atoms with Crippen molar-refractivity contribution in [1.29, 1.82) is 0 Å². The Hall–Kier alpha value is -2.35. The van der Waals surface area contributed by atoms with E-state index in [1.54, 1.807) is 12.1 Å². The van der Waals surface area contributed by atoms with Crippen molar-refractivity contribution in [1.82, 2.24) is 10.1 Å². The third-order valence-corrected chi connectivity index (χ3v) is 5.04. The monoisotopic (exact) mass is 321 g/mol. The van der Waals surface area contributed by atoms with Gasteiger partial charge in [0.2, 0.25) is 0 Å². The van der Waals surface area contributed by atoms with Crippen molar-refractivity contribution in [3.05, 3.63) is 35.5 Å². The number of nitrogens with one attached hydrogen (secondary N) is 2. The molecule has 1 aliphatic carbocycles. The van der Waals surface area contributed by atoms with Gasteiger partial charge in [-0.05, 0) is 37.8 Å². The lowest BCUT2D eigenvalue weighted by Crippen LogP contribution is -2.37. The molecule has 3 N–H and O–H groups in total. The van der Waals surface area contributed by atoms with Crippen molar-refractivity contribution in [2.45, 2.75) is 30.6 Å². The van der Waals surface area contributed by atoms with Crippen LogP contribution in [0, 0.1) is 0 Å². The summed E-state index contributed by atoms with van der Waals surface area (Å²) in [5.41, 5.74) is 2.85. The molecule has 0 unspecified atom stereocenters. The second-order valence-corrected chi connectivity index (χ2v) is 6.80. The predicted octanol–water partition coefficient (Wildman–Crippen LogP) is 1.25. The van der Waals surface area contributed by atoms with E-state index in [1.807, 2.05) is 0 Å². The quantitative estimate of drug-likeness (QED) is 0.712. The van der Waals surface area contributed by atoms with Gasteiger partial charge in [-0.3, -0.25) is 9.52 Å². The van der Waals surface area contributed by atoms with Crippen LogP contribution in [0.1, 0.15) is 31.2 Å². The number of sulfonamides is 1. The number of amides is 1. The molecule has 1 aromatic carbocycles. The SMILES string of the molecule is O=C(NN=C1CCCC1)C1=C(O)c2ccccc2S(=O)(=O)N1. The molecule has 1 amide bonds. The standard InChI is InChI=1S/C14H15N3O4S/c18-13-10-7-3-4-8-11(10)22(20,21)17-12(13)14(19)16-15-9-5-1-2-6-9/h3-4,7-8,17-18H,1-2,5-6H2,(H,16,19). The van der Waals surface area contributed by atoms with E-state index in [9.17, 15) is 18.3 Å². The minimum absolute atomic E-state index is 0.0637. The summed E-state index contributed by atoms with van der Waals surface area (Å²) >= 11 is 0. The van der Waals surface area contributed by atoms with Crippen LogP contribution in [0.3, 0.4) is 0 Å². The van der Waals surface area contributed by atoms with Crippen molar-refractivity contribution < 1.29 is 18.3 Å². The van der Waals surface area contributed by atoms with E-state index < -0.39 is 27.4 Å². The lowest BCUT2D eigenvalue weighted by molar-refractivity contribution is -0.117. The van der Waals surface area contributed by atoms with Crippen molar-refractivity contribution in [2.24, 2.45) is 5.10 Å². The fourth-order valence-corrected chi connectivity index (χ4v) is 3.78. The highest BCUT2D eigenvalue weighted by Gasteiger charge is 2.32. The summed E-state index contributed by atoms with van der Waals surface area (Å²) in [6.07, 6.45) is 3.70. The summed E-state index contributed by atoms with van der Waals surface area (Å²) < 4.78 is 26.3. The summed E-state index contributed by atoms with van der Waals surface area (Å²) in [5, 5.41) is 14.1. The highest BCUT2D eigenvalue weighted by atomic mass is 32.2. The van der Waals surface area contributed by atoms with Crippen LogP contribution in [0.5, 0.6) is 0 Å². The number of carbonyl (C=O) groups excluding carboxylic acids is 1. The molecule has 0 spiro atoms. The number of nitrogens with zero attached hydrogens (tertiary/aromatic N) is 1. The van der Waals surface area contributed by atoms with Gasteiger partial charge < -0.3 is 5.11 Å². The Kier molecular flexibility index (Phi) is 3.61. The van der Waals surface area contributed by atoms with E-state index in [2.05, 4.69) is 15.2 Å². The van der Waals surface area contributed by atoms with Crippen molar-refractivity contribution in [3.63, 3.8) is 0 Å². The Labute approximate surface area is 127 Å². The molecule has 0 bridgehead atoms. The number of aliphatic hydroxyl groups is 1. The second kappa shape index (κ2) is 5.45. The first-order valence-electron chi connectivity index (χ1n) is 6.90. The molecule has 0 atom stereocenters. The molecule has 1 heterocycles. The van der Waals surface area contributed by atoms with Gasteiger partial charge >= 0.3 is 0 Å². The van der Waals surface area contributed by atoms with E-state index in [0.717, 1.165) is 31.4 Å². The molecule has 7 nitrogen and oxygen atoms in total. The molecule has 2 aliphatic rings. The number of hydrogen-bond donors (Lipinski definition) is 3. The van der Waals surface area contributed by atoms with E-state index >= 15 is 0 Å². The molecule has 8 heteroatoms. The third kappa shape index (κ3) is 2.57.